The second-order valence-electron chi connectivity index (χ2n) is 3.24. The van der Waals surface area contributed by atoms with Crippen LogP contribution in [0.1, 0.15) is 29.5 Å². The number of halogens is 1. The van der Waals surface area contributed by atoms with Crippen molar-refractivity contribution in [1.29, 1.82) is 0 Å². The van der Waals surface area contributed by atoms with E-state index < -0.39 is 0 Å². The molecule has 0 amide bonds. The zero-order valence-corrected chi connectivity index (χ0v) is 8.64. The van der Waals surface area contributed by atoms with Crippen LogP contribution in [0.15, 0.2) is 18.2 Å². The predicted octanol–water partition coefficient (Wildman–Crippen LogP) is 3.04. The minimum absolute atomic E-state index is 0.0249. The maximum absolute atomic E-state index is 10.5. The molecule has 0 bridgehead atoms. The molecule has 0 saturated carbocycles. The Bertz CT molecular complexity index is 307. The normalized spacial score (nSPS) is 12.5. The van der Waals surface area contributed by atoms with Crippen LogP contribution in [0, 0.1) is 6.92 Å². The van der Waals surface area contributed by atoms with Crippen molar-refractivity contribution in [2.24, 2.45) is 0 Å². The number of rotatable bonds is 3. The van der Waals surface area contributed by atoms with Crippen molar-refractivity contribution >= 4 is 17.9 Å². The van der Waals surface area contributed by atoms with Gasteiger partial charge in [0.05, 0.1) is 0 Å². The predicted molar refractivity (Wildman–Crippen MR) is 55.2 cm³/mol. The van der Waals surface area contributed by atoms with Gasteiger partial charge in [0, 0.05) is 11.8 Å². The van der Waals surface area contributed by atoms with E-state index in [1.54, 1.807) is 0 Å². The van der Waals surface area contributed by atoms with Gasteiger partial charge in [0.2, 0.25) is 0 Å². The van der Waals surface area contributed by atoms with Crippen LogP contribution >= 0.6 is 11.6 Å². The summed E-state index contributed by atoms with van der Waals surface area (Å²) in [5, 5.41) is 0. The van der Waals surface area contributed by atoms with Gasteiger partial charge in [-0.05, 0) is 23.6 Å². The Morgan fingerprint density at radius 1 is 1.54 bits per heavy atom. The Kier molecular flexibility index (Phi) is 3.49. The standard InChI is InChI=1S/C11H13ClO/c1-8-5-10(9(2)7-13)3-4-11(8)6-12/h3-5,7,9H,6H2,1-2H3. The van der Waals surface area contributed by atoms with E-state index in [2.05, 4.69) is 0 Å². The molecule has 0 spiro atoms. The first-order valence-electron chi connectivity index (χ1n) is 4.29. The van der Waals surface area contributed by atoms with Gasteiger partial charge in [0.15, 0.2) is 0 Å². The molecule has 0 radical (unpaired) electrons. The van der Waals surface area contributed by atoms with Crippen molar-refractivity contribution in [3.8, 4) is 0 Å². The van der Waals surface area contributed by atoms with E-state index in [4.69, 9.17) is 11.6 Å². The molecule has 2 heteroatoms. The van der Waals surface area contributed by atoms with E-state index in [1.807, 2.05) is 32.0 Å². The van der Waals surface area contributed by atoms with Crippen molar-refractivity contribution in [2.75, 3.05) is 0 Å². The highest BCUT2D eigenvalue weighted by Crippen LogP contribution is 2.18. The number of aldehydes is 1. The van der Waals surface area contributed by atoms with Gasteiger partial charge >= 0.3 is 0 Å². The molecule has 0 N–H and O–H groups in total. The summed E-state index contributed by atoms with van der Waals surface area (Å²) in [7, 11) is 0. The third kappa shape index (κ3) is 2.31. The Morgan fingerprint density at radius 3 is 2.69 bits per heavy atom. The Hall–Kier alpha value is -0.820. The highest BCUT2D eigenvalue weighted by molar-refractivity contribution is 6.17. The molecule has 70 valence electrons. The quantitative estimate of drug-likeness (QED) is 0.537. The third-order valence-corrected chi connectivity index (χ3v) is 2.53. The first-order chi connectivity index (χ1) is 6.19. The fourth-order valence-corrected chi connectivity index (χ4v) is 1.53. The number of hydrogen-bond acceptors (Lipinski definition) is 1. The lowest BCUT2D eigenvalue weighted by molar-refractivity contribution is -0.108. The van der Waals surface area contributed by atoms with Gasteiger partial charge in [-0.3, -0.25) is 0 Å². The molecule has 1 rings (SSSR count). The van der Waals surface area contributed by atoms with Crippen LogP contribution in [-0.2, 0) is 10.7 Å². The van der Waals surface area contributed by atoms with E-state index in [1.165, 1.54) is 0 Å². The number of benzene rings is 1. The number of carbonyl (C=O) groups is 1. The average Bonchev–Trinajstić information content (AvgIpc) is 2.16. The maximum atomic E-state index is 10.5. The van der Waals surface area contributed by atoms with E-state index in [9.17, 15) is 4.79 Å². The molecule has 13 heavy (non-hydrogen) atoms. The molecule has 1 nitrogen and oxygen atoms in total. The van der Waals surface area contributed by atoms with E-state index in [0.717, 1.165) is 23.0 Å². The molecule has 0 aliphatic heterocycles. The molecule has 0 fully saturated rings. The Morgan fingerprint density at radius 2 is 2.23 bits per heavy atom. The fraction of sp³-hybridized carbons (Fsp3) is 0.364. The summed E-state index contributed by atoms with van der Waals surface area (Å²) in [5.74, 6) is 0.504. The molecule has 1 unspecified atom stereocenters. The van der Waals surface area contributed by atoms with Crippen molar-refractivity contribution in [3.63, 3.8) is 0 Å². The lowest BCUT2D eigenvalue weighted by atomic mass is 9.98. The molecule has 0 heterocycles. The number of alkyl halides is 1. The molecule has 0 saturated heterocycles. The maximum Gasteiger partial charge on any atom is 0.127 e. The van der Waals surface area contributed by atoms with E-state index in [0.29, 0.717) is 5.88 Å². The van der Waals surface area contributed by atoms with Crippen LogP contribution in [0.2, 0.25) is 0 Å². The molecule has 1 aromatic rings. The molecule has 0 aliphatic rings. The smallest absolute Gasteiger partial charge is 0.127 e. The summed E-state index contributed by atoms with van der Waals surface area (Å²) in [5.41, 5.74) is 3.34. The number of carbonyl (C=O) groups excluding carboxylic acids is 1. The van der Waals surface area contributed by atoms with Gasteiger partial charge in [-0.2, -0.15) is 0 Å². The van der Waals surface area contributed by atoms with Crippen molar-refractivity contribution in [2.45, 2.75) is 25.6 Å². The van der Waals surface area contributed by atoms with Crippen molar-refractivity contribution < 1.29 is 4.79 Å². The average molecular weight is 197 g/mol. The third-order valence-electron chi connectivity index (χ3n) is 2.24. The Labute approximate surface area is 83.7 Å². The van der Waals surface area contributed by atoms with Gasteiger partial charge in [-0.15, -0.1) is 11.6 Å². The van der Waals surface area contributed by atoms with Gasteiger partial charge in [0.25, 0.3) is 0 Å². The van der Waals surface area contributed by atoms with Crippen LogP contribution in [0.25, 0.3) is 0 Å². The summed E-state index contributed by atoms with van der Waals surface area (Å²) in [6.45, 7) is 3.90. The fourth-order valence-electron chi connectivity index (χ4n) is 1.23. The second kappa shape index (κ2) is 4.43. The first-order valence-corrected chi connectivity index (χ1v) is 4.83. The lowest BCUT2D eigenvalue weighted by Crippen LogP contribution is -1.96. The molecule has 0 aliphatic carbocycles. The summed E-state index contributed by atoms with van der Waals surface area (Å²) in [6.07, 6.45) is 0.954. The minimum Gasteiger partial charge on any atom is -0.303 e. The molecule has 0 aromatic heterocycles. The highest BCUT2D eigenvalue weighted by atomic mass is 35.5. The summed E-state index contributed by atoms with van der Waals surface area (Å²) >= 11 is 5.73. The first kappa shape index (κ1) is 10.3. The van der Waals surface area contributed by atoms with Crippen LogP contribution in [0.3, 0.4) is 0 Å². The van der Waals surface area contributed by atoms with Crippen molar-refractivity contribution in [1.82, 2.24) is 0 Å². The largest absolute Gasteiger partial charge is 0.303 e. The van der Waals surface area contributed by atoms with Gasteiger partial charge in [-0.1, -0.05) is 25.1 Å². The zero-order valence-electron chi connectivity index (χ0n) is 7.88. The SMILES string of the molecule is Cc1cc(C(C)C=O)ccc1CCl. The topological polar surface area (TPSA) is 17.1 Å². The Balaban J connectivity index is 3.02. The summed E-state index contributed by atoms with van der Waals surface area (Å²) < 4.78 is 0. The monoisotopic (exact) mass is 196 g/mol. The molecule has 1 atom stereocenters. The number of aryl methyl sites for hydroxylation is 1. The van der Waals surface area contributed by atoms with Crippen LogP contribution in [0.4, 0.5) is 0 Å². The van der Waals surface area contributed by atoms with Gasteiger partial charge in [0.1, 0.15) is 6.29 Å². The molecular weight excluding hydrogens is 184 g/mol. The lowest BCUT2D eigenvalue weighted by Gasteiger charge is -2.07. The second-order valence-corrected chi connectivity index (χ2v) is 3.51. The van der Waals surface area contributed by atoms with E-state index in [-0.39, 0.29) is 5.92 Å². The minimum atomic E-state index is -0.0249. The molecule has 1 aromatic carbocycles. The van der Waals surface area contributed by atoms with Gasteiger partial charge < -0.3 is 4.79 Å². The van der Waals surface area contributed by atoms with Crippen LogP contribution < -0.4 is 0 Å². The summed E-state index contributed by atoms with van der Waals surface area (Å²) in [6, 6.07) is 5.97. The van der Waals surface area contributed by atoms with Crippen LogP contribution in [0.5, 0.6) is 0 Å². The van der Waals surface area contributed by atoms with Crippen molar-refractivity contribution in [3.05, 3.63) is 34.9 Å². The highest BCUT2D eigenvalue weighted by Gasteiger charge is 2.05. The molecular formula is C11H13ClO. The van der Waals surface area contributed by atoms with Gasteiger partial charge in [-0.25, -0.2) is 0 Å². The van der Waals surface area contributed by atoms with Crippen LogP contribution in [-0.4, -0.2) is 6.29 Å². The number of hydrogen-bond donors (Lipinski definition) is 0. The zero-order chi connectivity index (χ0) is 9.84. The summed E-state index contributed by atoms with van der Waals surface area (Å²) in [4.78, 5) is 10.5. The van der Waals surface area contributed by atoms with E-state index >= 15 is 0 Å².